The van der Waals surface area contributed by atoms with Crippen molar-refractivity contribution in [3.8, 4) is 0 Å². The van der Waals surface area contributed by atoms with Crippen molar-refractivity contribution in [2.24, 2.45) is 5.73 Å². The highest BCUT2D eigenvalue weighted by Crippen LogP contribution is 2.21. The standard InChI is InChI=1S/C14H12BrN3O3/c15-12-2-1-9(6-11(12)14(20)21)18-13(19)8-3-4-17-10(5-8)7-16/h1-6H,7,16H2,(H,18,19)(H,20,21). The van der Waals surface area contributed by atoms with Crippen LogP contribution in [0.3, 0.4) is 0 Å². The van der Waals surface area contributed by atoms with E-state index in [0.717, 1.165) is 0 Å². The summed E-state index contributed by atoms with van der Waals surface area (Å²) >= 11 is 3.15. The van der Waals surface area contributed by atoms with E-state index in [9.17, 15) is 9.59 Å². The van der Waals surface area contributed by atoms with Crippen LogP contribution in [0.4, 0.5) is 5.69 Å². The lowest BCUT2D eigenvalue weighted by atomic mass is 10.1. The Hall–Kier alpha value is -2.25. The first kappa shape index (κ1) is 15.1. The van der Waals surface area contributed by atoms with Crippen molar-refractivity contribution < 1.29 is 14.7 Å². The number of hydrogen-bond donors (Lipinski definition) is 3. The summed E-state index contributed by atoms with van der Waals surface area (Å²) in [5, 5.41) is 11.7. The summed E-state index contributed by atoms with van der Waals surface area (Å²) in [6.45, 7) is 0.239. The lowest BCUT2D eigenvalue weighted by Crippen LogP contribution is -2.13. The second-order valence-electron chi connectivity index (χ2n) is 4.19. The molecule has 0 radical (unpaired) electrons. The molecule has 0 aliphatic heterocycles. The molecule has 7 heteroatoms. The van der Waals surface area contributed by atoms with E-state index in [1.165, 1.54) is 12.3 Å². The number of nitrogens with zero attached hydrogens (tertiary/aromatic N) is 1. The fourth-order valence-electron chi connectivity index (χ4n) is 1.70. The Morgan fingerprint density at radius 2 is 2.05 bits per heavy atom. The molecule has 0 unspecified atom stereocenters. The van der Waals surface area contributed by atoms with Crippen molar-refractivity contribution in [3.63, 3.8) is 0 Å². The van der Waals surface area contributed by atoms with E-state index in [-0.39, 0.29) is 18.0 Å². The van der Waals surface area contributed by atoms with Crippen LogP contribution in [0.1, 0.15) is 26.4 Å². The number of nitrogens with one attached hydrogen (secondary N) is 1. The van der Waals surface area contributed by atoms with Crippen LogP contribution >= 0.6 is 15.9 Å². The van der Waals surface area contributed by atoms with Gasteiger partial charge in [-0.25, -0.2) is 4.79 Å². The number of carbonyl (C=O) groups excluding carboxylic acids is 1. The number of aromatic nitrogens is 1. The zero-order valence-electron chi connectivity index (χ0n) is 10.8. The quantitative estimate of drug-likeness (QED) is 0.784. The average molecular weight is 350 g/mol. The van der Waals surface area contributed by atoms with Crippen molar-refractivity contribution in [2.45, 2.75) is 6.54 Å². The van der Waals surface area contributed by atoms with Gasteiger partial charge in [0.05, 0.1) is 11.3 Å². The molecule has 0 aliphatic rings. The number of nitrogens with two attached hydrogens (primary N) is 1. The number of benzene rings is 1. The molecule has 0 atom stereocenters. The Morgan fingerprint density at radius 3 is 2.71 bits per heavy atom. The van der Waals surface area contributed by atoms with Crippen LogP contribution < -0.4 is 11.1 Å². The molecule has 0 aliphatic carbocycles. The number of anilines is 1. The van der Waals surface area contributed by atoms with E-state index in [1.54, 1.807) is 24.3 Å². The minimum atomic E-state index is -1.08. The molecule has 2 rings (SSSR count). The van der Waals surface area contributed by atoms with E-state index in [2.05, 4.69) is 26.2 Å². The van der Waals surface area contributed by atoms with Crippen molar-refractivity contribution in [3.05, 3.63) is 57.8 Å². The van der Waals surface area contributed by atoms with Gasteiger partial charge in [-0.3, -0.25) is 9.78 Å². The normalized spacial score (nSPS) is 10.2. The van der Waals surface area contributed by atoms with E-state index >= 15 is 0 Å². The monoisotopic (exact) mass is 349 g/mol. The van der Waals surface area contributed by atoms with E-state index in [1.807, 2.05) is 0 Å². The third kappa shape index (κ3) is 3.65. The van der Waals surface area contributed by atoms with Gasteiger partial charge in [0.1, 0.15) is 0 Å². The fraction of sp³-hybridized carbons (Fsp3) is 0.0714. The number of carboxylic acids is 1. The molecule has 1 amide bonds. The first-order valence-electron chi connectivity index (χ1n) is 6.00. The van der Waals surface area contributed by atoms with Crippen molar-refractivity contribution >= 4 is 33.5 Å². The highest BCUT2D eigenvalue weighted by atomic mass is 79.9. The Morgan fingerprint density at radius 1 is 1.29 bits per heavy atom. The van der Waals surface area contributed by atoms with Crippen LogP contribution in [0.15, 0.2) is 41.0 Å². The summed E-state index contributed by atoms with van der Waals surface area (Å²) < 4.78 is 0.447. The lowest BCUT2D eigenvalue weighted by Gasteiger charge is -2.08. The van der Waals surface area contributed by atoms with Gasteiger partial charge in [-0.05, 0) is 46.3 Å². The van der Waals surface area contributed by atoms with Crippen molar-refractivity contribution in [1.82, 2.24) is 4.98 Å². The first-order chi connectivity index (χ1) is 10.0. The maximum atomic E-state index is 12.1. The molecular weight excluding hydrogens is 338 g/mol. The minimum Gasteiger partial charge on any atom is -0.478 e. The predicted molar refractivity (Wildman–Crippen MR) is 81.2 cm³/mol. The molecular formula is C14H12BrN3O3. The van der Waals surface area contributed by atoms with Gasteiger partial charge in [0.2, 0.25) is 0 Å². The SMILES string of the molecule is NCc1cc(C(=O)Nc2ccc(Br)c(C(=O)O)c2)ccn1. The van der Waals surface area contributed by atoms with Crippen LogP contribution in [-0.4, -0.2) is 22.0 Å². The van der Waals surface area contributed by atoms with E-state index < -0.39 is 5.97 Å². The van der Waals surface area contributed by atoms with E-state index in [0.29, 0.717) is 21.4 Å². The van der Waals surface area contributed by atoms with Gasteiger partial charge in [0.15, 0.2) is 0 Å². The fourth-order valence-corrected chi connectivity index (χ4v) is 2.12. The molecule has 108 valence electrons. The van der Waals surface area contributed by atoms with Gasteiger partial charge in [-0.2, -0.15) is 0 Å². The van der Waals surface area contributed by atoms with Crippen LogP contribution in [-0.2, 0) is 6.54 Å². The summed E-state index contributed by atoms with van der Waals surface area (Å²) in [6.07, 6.45) is 1.50. The van der Waals surface area contributed by atoms with Gasteiger partial charge in [-0.1, -0.05) is 0 Å². The third-order valence-corrected chi connectivity index (χ3v) is 3.43. The summed E-state index contributed by atoms with van der Waals surface area (Å²) in [5.41, 5.74) is 6.96. The Balaban J connectivity index is 2.23. The number of hydrogen-bond acceptors (Lipinski definition) is 4. The zero-order chi connectivity index (χ0) is 15.4. The van der Waals surface area contributed by atoms with Crippen LogP contribution in [0.2, 0.25) is 0 Å². The number of pyridine rings is 1. The molecule has 1 aromatic heterocycles. The van der Waals surface area contributed by atoms with Gasteiger partial charge < -0.3 is 16.2 Å². The number of carbonyl (C=O) groups is 2. The topological polar surface area (TPSA) is 105 Å². The van der Waals surface area contributed by atoms with Crippen LogP contribution in [0, 0.1) is 0 Å². The smallest absolute Gasteiger partial charge is 0.336 e. The molecule has 4 N–H and O–H groups in total. The average Bonchev–Trinajstić information content (AvgIpc) is 2.49. The molecule has 0 saturated carbocycles. The van der Waals surface area contributed by atoms with Gasteiger partial charge in [-0.15, -0.1) is 0 Å². The number of aromatic carboxylic acids is 1. The number of rotatable bonds is 4. The van der Waals surface area contributed by atoms with Crippen molar-refractivity contribution in [2.75, 3.05) is 5.32 Å². The molecule has 0 bridgehead atoms. The summed E-state index contributed by atoms with van der Waals surface area (Å²) in [6, 6.07) is 7.71. The molecule has 0 fully saturated rings. The lowest BCUT2D eigenvalue weighted by molar-refractivity contribution is 0.0695. The Kier molecular flexibility index (Phi) is 4.66. The zero-order valence-corrected chi connectivity index (χ0v) is 12.4. The molecule has 21 heavy (non-hydrogen) atoms. The van der Waals surface area contributed by atoms with Gasteiger partial charge in [0, 0.05) is 28.5 Å². The second kappa shape index (κ2) is 6.47. The van der Waals surface area contributed by atoms with Gasteiger partial charge in [0.25, 0.3) is 5.91 Å². The second-order valence-corrected chi connectivity index (χ2v) is 5.05. The first-order valence-corrected chi connectivity index (χ1v) is 6.79. The highest BCUT2D eigenvalue weighted by Gasteiger charge is 2.12. The molecule has 0 saturated heterocycles. The van der Waals surface area contributed by atoms with Crippen LogP contribution in [0.5, 0.6) is 0 Å². The summed E-state index contributed by atoms with van der Waals surface area (Å²) in [7, 11) is 0. The molecule has 6 nitrogen and oxygen atoms in total. The van der Waals surface area contributed by atoms with Gasteiger partial charge >= 0.3 is 5.97 Å². The predicted octanol–water partition coefficient (Wildman–Crippen LogP) is 2.25. The minimum absolute atomic E-state index is 0.0742. The molecule has 2 aromatic rings. The Bertz CT molecular complexity index is 704. The third-order valence-electron chi connectivity index (χ3n) is 2.74. The number of carboxylic acid groups (broad SMARTS) is 1. The van der Waals surface area contributed by atoms with E-state index in [4.69, 9.17) is 10.8 Å². The number of halogens is 1. The largest absolute Gasteiger partial charge is 0.478 e. The maximum absolute atomic E-state index is 12.1. The molecule has 1 aromatic carbocycles. The van der Waals surface area contributed by atoms with Crippen LogP contribution in [0.25, 0.3) is 0 Å². The summed E-state index contributed by atoms with van der Waals surface area (Å²) in [4.78, 5) is 27.2. The molecule has 0 spiro atoms. The summed E-state index contributed by atoms with van der Waals surface area (Å²) in [5.74, 6) is -1.43. The molecule has 1 heterocycles. The van der Waals surface area contributed by atoms with Crippen molar-refractivity contribution in [1.29, 1.82) is 0 Å². The Labute approximate surface area is 129 Å². The highest BCUT2D eigenvalue weighted by molar-refractivity contribution is 9.10. The number of amides is 1. The maximum Gasteiger partial charge on any atom is 0.336 e.